The Labute approximate surface area is 159 Å². The highest BCUT2D eigenvalue weighted by Crippen LogP contribution is 2.49. The van der Waals surface area contributed by atoms with Gasteiger partial charge in [0.15, 0.2) is 5.78 Å². The number of piperidine rings is 1. The molecule has 3 heterocycles. The molecule has 1 spiro atoms. The summed E-state index contributed by atoms with van der Waals surface area (Å²) >= 11 is 0. The minimum atomic E-state index is -0.724. The molecule has 3 aliphatic heterocycles. The van der Waals surface area contributed by atoms with E-state index in [4.69, 9.17) is 4.74 Å². The van der Waals surface area contributed by atoms with Crippen molar-refractivity contribution in [1.29, 1.82) is 0 Å². The van der Waals surface area contributed by atoms with E-state index >= 15 is 0 Å². The van der Waals surface area contributed by atoms with Crippen LogP contribution in [-0.4, -0.2) is 33.5 Å². The number of ether oxygens (including phenoxy) is 1. The molecule has 1 fully saturated rings. The first-order valence-corrected chi connectivity index (χ1v) is 10.3. The molecule has 3 aliphatic rings. The van der Waals surface area contributed by atoms with E-state index in [0.717, 1.165) is 18.6 Å². The van der Waals surface area contributed by atoms with E-state index < -0.39 is 5.60 Å². The number of hydrogen-bond donors (Lipinski definition) is 2. The monoisotopic (exact) mass is 364 g/mol. The topological polar surface area (TPSA) is 59.5 Å². The van der Waals surface area contributed by atoms with E-state index in [1.165, 1.54) is 5.57 Å². The molecule has 3 atom stereocenters. The number of hydrogen-bond acceptors (Lipinski definition) is 2. The van der Waals surface area contributed by atoms with Crippen LogP contribution in [0.2, 0.25) is 0 Å². The highest BCUT2D eigenvalue weighted by atomic mass is 16.5. The first kappa shape index (κ1) is 19.9. The summed E-state index contributed by atoms with van der Waals surface area (Å²) in [4.78, 5) is 13.7. The molecule has 0 aromatic heterocycles. The second kappa shape index (κ2) is 5.35. The van der Waals surface area contributed by atoms with Crippen LogP contribution in [0.25, 0.3) is 0 Å². The molecular weight excluding hydrogens is 324 g/mol. The lowest BCUT2D eigenvalue weighted by atomic mass is 9.61. The molecule has 0 radical (unpaired) electrons. The summed E-state index contributed by atoms with van der Waals surface area (Å²) in [5.41, 5.74) is 0.359. The lowest BCUT2D eigenvalue weighted by Gasteiger charge is -2.57. The summed E-state index contributed by atoms with van der Waals surface area (Å²) in [6.07, 6.45) is 1.74. The fraction of sp³-hybridized carbons (Fsp3) is 0.864. The number of quaternary nitrogens is 2. The van der Waals surface area contributed by atoms with Crippen LogP contribution in [0.15, 0.2) is 11.3 Å². The van der Waals surface area contributed by atoms with Crippen LogP contribution in [0.4, 0.5) is 0 Å². The smallest absolute Gasteiger partial charge is 0.220 e. The molecule has 0 aromatic carbocycles. The van der Waals surface area contributed by atoms with Gasteiger partial charge in [-0.1, -0.05) is 0 Å². The molecule has 4 nitrogen and oxygen atoms in total. The van der Waals surface area contributed by atoms with Gasteiger partial charge in [-0.2, -0.15) is 0 Å². The van der Waals surface area contributed by atoms with Crippen molar-refractivity contribution in [2.24, 2.45) is 11.8 Å². The third-order valence-electron chi connectivity index (χ3n) is 8.01. The van der Waals surface area contributed by atoms with E-state index in [2.05, 4.69) is 79.9 Å². The van der Waals surface area contributed by atoms with Crippen molar-refractivity contribution < 1.29 is 20.2 Å². The molecule has 148 valence electrons. The Bertz CT molecular complexity index is 672. The van der Waals surface area contributed by atoms with E-state index in [1.807, 2.05) is 0 Å². The highest BCUT2D eigenvalue weighted by Gasteiger charge is 2.67. The van der Waals surface area contributed by atoms with Crippen LogP contribution in [0.3, 0.4) is 0 Å². The second-order valence-electron chi connectivity index (χ2n) is 11.5. The van der Waals surface area contributed by atoms with Crippen LogP contribution < -0.4 is 10.6 Å². The van der Waals surface area contributed by atoms with Crippen molar-refractivity contribution >= 4 is 5.78 Å². The van der Waals surface area contributed by atoms with Gasteiger partial charge in [0.25, 0.3) is 0 Å². The van der Waals surface area contributed by atoms with Gasteiger partial charge in [0.2, 0.25) is 5.60 Å². The Morgan fingerprint density at radius 2 is 1.42 bits per heavy atom. The first-order chi connectivity index (χ1) is 11.6. The largest absolute Gasteiger partial charge is 0.476 e. The number of Topliss-reactive ketones (excluding diaryl/α,β-unsaturated/α-hetero) is 1. The Kier molecular flexibility index (Phi) is 4.09. The fourth-order valence-electron chi connectivity index (χ4n) is 6.00. The van der Waals surface area contributed by atoms with Gasteiger partial charge in [-0.05, 0) is 75.7 Å². The molecule has 1 saturated heterocycles. The fourth-order valence-corrected chi connectivity index (χ4v) is 6.00. The normalized spacial score (nSPS) is 40.2. The lowest BCUT2D eigenvalue weighted by Crippen LogP contribution is -3.12. The van der Waals surface area contributed by atoms with Crippen molar-refractivity contribution in [1.82, 2.24) is 0 Å². The zero-order valence-electron chi connectivity index (χ0n) is 18.5. The number of ketones is 1. The zero-order valence-corrected chi connectivity index (χ0v) is 18.5. The molecular formula is C22H40N2O2+2. The average Bonchev–Trinajstić information content (AvgIpc) is 2.47. The summed E-state index contributed by atoms with van der Waals surface area (Å²) in [6, 6.07) is 0. The molecule has 3 rings (SSSR count). The Morgan fingerprint density at radius 1 is 0.885 bits per heavy atom. The molecule has 0 unspecified atom stereocenters. The van der Waals surface area contributed by atoms with E-state index in [9.17, 15) is 4.79 Å². The van der Waals surface area contributed by atoms with Gasteiger partial charge in [0.1, 0.15) is 27.9 Å². The molecule has 4 heteroatoms. The van der Waals surface area contributed by atoms with Crippen LogP contribution >= 0.6 is 0 Å². The standard InChI is InChI=1S/C22H38N2O2/c1-13-16-15(20(7,8)23-18(13,3)4)11-12-22(26-16)17(25)14(2)19(5,6)24-21(22,9)10/h13-14,23-24H,11-12H2,1-10H3/p+2/t13-,14-,22-/m0/s1. The quantitative estimate of drug-likeness (QED) is 0.690. The van der Waals surface area contributed by atoms with Gasteiger partial charge in [0.05, 0.1) is 11.8 Å². The van der Waals surface area contributed by atoms with E-state index in [0.29, 0.717) is 5.78 Å². The maximum Gasteiger partial charge on any atom is 0.220 e. The third-order valence-corrected chi connectivity index (χ3v) is 8.01. The van der Waals surface area contributed by atoms with E-state index in [1.54, 1.807) is 0 Å². The summed E-state index contributed by atoms with van der Waals surface area (Å²) in [6.45, 7) is 22.3. The molecule has 0 amide bonds. The van der Waals surface area contributed by atoms with Crippen molar-refractivity contribution in [3.8, 4) is 0 Å². The minimum absolute atomic E-state index is 0.0173. The Morgan fingerprint density at radius 3 is 2.00 bits per heavy atom. The highest BCUT2D eigenvalue weighted by molar-refractivity contribution is 5.92. The first-order valence-electron chi connectivity index (χ1n) is 10.3. The summed E-state index contributed by atoms with van der Waals surface area (Å²) in [5, 5.41) is 4.87. The number of carbonyl (C=O) groups excluding carboxylic acids is 1. The Hall–Kier alpha value is -0.870. The Balaban J connectivity index is 2.11. The second-order valence-corrected chi connectivity index (χ2v) is 11.5. The number of rotatable bonds is 0. The number of carbonyl (C=O) groups is 1. The van der Waals surface area contributed by atoms with Crippen molar-refractivity contribution in [2.45, 2.75) is 110 Å². The predicted molar refractivity (Wildman–Crippen MR) is 104 cm³/mol. The van der Waals surface area contributed by atoms with Crippen LogP contribution in [0.1, 0.15) is 82.1 Å². The van der Waals surface area contributed by atoms with Crippen molar-refractivity contribution in [2.75, 3.05) is 0 Å². The van der Waals surface area contributed by atoms with Gasteiger partial charge < -0.3 is 15.4 Å². The van der Waals surface area contributed by atoms with Gasteiger partial charge in [-0.25, -0.2) is 0 Å². The molecule has 0 bridgehead atoms. The SMILES string of the molecule is C[C@H]1C(=O)[C@@]2(CCC3=C(O2)[C@H](C)C(C)(C)[NH2+]C3(C)C)C(C)(C)[NH2+]C1(C)C. The average molecular weight is 365 g/mol. The van der Waals surface area contributed by atoms with Crippen molar-refractivity contribution in [3.63, 3.8) is 0 Å². The lowest BCUT2D eigenvalue weighted by molar-refractivity contribution is -0.801. The van der Waals surface area contributed by atoms with E-state index in [-0.39, 0.29) is 34.0 Å². The summed E-state index contributed by atoms with van der Waals surface area (Å²) < 4.78 is 6.87. The van der Waals surface area contributed by atoms with Crippen LogP contribution in [-0.2, 0) is 9.53 Å². The summed E-state index contributed by atoms with van der Waals surface area (Å²) in [7, 11) is 0. The molecule has 0 saturated carbocycles. The van der Waals surface area contributed by atoms with Crippen LogP contribution in [0, 0.1) is 11.8 Å². The third kappa shape index (κ3) is 2.51. The van der Waals surface area contributed by atoms with Gasteiger partial charge in [0, 0.05) is 12.0 Å². The predicted octanol–water partition coefficient (Wildman–Crippen LogP) is 1.90. The summed E-state index contributed by atoms with van der Waals surface area (Å²) in [5.74, 6) is 1.65. The van der Waals surface area contributed by atoms with Gasteiger partial charge >= 0.3 is 0 Å². The maximum absolute atomic E-state index is 13.7. The van der Waals surface area contributed by atoms with Crippen molar-refractivity contribution in [3.05, 3.63) is 11.3 Å². The molecule has 0 aliphatic carbocycles. The maximum atomic E-state index is 13.7. The zero-order chi connectivity index (χ0) is 19.9. The van der Waals surface area contributed by atoms with Gasteiger partial charge in [-0.15, -0.1) is 0 Å². The number of nitrogens with two attached hydrogens (primary N) is 2. The molecule has 26 heavy (non-hydrogen) atoms. The van der Waals surface area contributed by atoms with Gasteiger partial charge in [-0.3, -0.25) is 4.79 Å². The van der Waals surface area contributed by atoms with Crippen LogP contribution in [0.5, 0.6) is 0 Å². The molecule has 0 aromatic rings. The minimum Gasteiger partial charge on any atom is -0.476 e. The molecule has 4 N–H and O–H groups in total.